The molecule has 0 radical (unpaired) electrons. The number of aliphatic imine (C=N–C) groups is 1. The minimum Gasteiger partial charge on any atom is -0.361 e. The lowest BCUT2D eigenvalue weighted by Crippen LogP contribution is -2.39. The van der Waals surface area contributed by atoms with E-state index in [1.807, 2.05) is 20.8 Å². The van der Waals surface area contributed by atoms with Gasteiger partial charge in [-0.2, -0.15) is 0 Å². The summed E-state index contributed by atoms with van der Waals surface area (Å²) in [4.78, 5) is 4.52. The highest BCUT2D eigenvalue weighted by Gasteiger charge is 2.13. The Kier molecular flexibility index (Phi) is 11.3. The number of halogens is 1. The topological polar surface area (TPSA) is 96.6 Å². The highest BCUT2D eigenvalue weighted by atomic mass is 127. The standard InChI is InChI=1S/C15H28N4O3S.HI/c1-5-13-12(14(6-2)22-19-13)11-18-15(16-7-3)17-9-10-23(20,21)8-4;/h5-11H2,1-4H3,(H2,16,17,18);1H. The fraction of sp³-hybridized carbons (Fsp3) is 0.733. The summed E-state index contributed by atoms with van der Waals surface area (Å²) in [5.41, 5.74) is 1.95. The third-order valence-corrected chi connectivity index (χ3v) is 5.20. The van der Waals surface area contributed by atoms with Gasteiger partial charge in [-0.25, -0.2) is 13.4 Å². The monoisotopic (exact) mass is 472 g/mol. The SMILES string of the molecule is CCNC(=NCc1c(CC)noc1CC)NCCS(=O)(=O)CC.I. The molecule has 1 aromatic heterocycles. The van der Waals surface area contributed by atoms with Crippen molar-refractivity contribution in [3.8, 4) is 0 Å². The fourth-order valence-electron chi connectivity index (χ4n) is 2.09. The van der Waals surface area contributed by atoms with Gasteiger partial charge in [0, 0.05) is 30.8 Å². The third kappa shape index (κ3) is 7.37. The summed E-state index contributed by atoms with van der Waals surface area (Å²) in [6, 6.07) is 0. The van der Waals surface area contributed by atoms with Gasteiger partial charge >= 0.3 is 0 Å². The van der Waals surface area contributed by atoms with Crippen LogP contribution in [0.4, 0.5) is 0 Å². The molecule has 0 fully saturated rings. The van der Waals surface area contributed by atoms with Crippen LogP contribution in [0, 0.1) is 0 Å². The quantitative estimate of drug-likeness (QED) is 0.324. The molecule has 0 spiro atoms. The molecular weight excluding hydrogens is 443 g/mol. The fourth-order valence-corrected chi connectivity index (χ4v) is 2.79. The Morgan fingerprint density at radius 2 is 1.88 bits per heavy atom. The zero-order valence-corrected chi connectivity index (χ0v) is 18.0. The van der Waals surface area contributed by atoms with Crippen LogP contribution in [-0.4, -0.2) is 44.1 Å². The van der Waals surface area contributed by atoms with E-state index in [4.69, 9.17) is 4.52 Å². The first-order valence-corrected chi connectivity index (χ1v) is 9.98. The maximum absolute atomic E-state index is 11.5. The van der Waals surface area contributed by atoms with Crippen LogP contribution in [0.5, 0.6) is 0 Å². The molecule has 0 unspecified atom stereocenters. The Balaban J connectivity index is 0.00000529. The van der Waals surface area contributed by atoms with Gasteiger partial charge in [-0.15, -0.1) is 24.0 Å². The summed E-state index contributed by atoms with van der Waals surface area (Å²) in [6.45, 7) is 9.18. The second kappa shape index (κ2) is 11.7. The van der Waals surface area contributed by atoms with Crippen LogP contribution < -0.4 is 10.6 Å². The van der Waals surface area contributed by atoms with Gasteiger partial charge in [0.15, 0.2) is 15.8 Å². The average Bonchev–Trinajstić information content (AvgIpc) is 2.94. The number of hydrogen-bond acceptors (Lipinski definition) is 5. The molecule has 24 heavy (non-hydrogen) atoms. The van der Waals surface area contributed by atoms with Crippen molar-refractivity contribution in [1.82, 2.24) is 15.8 Å². The molecule has 140 valence electrons. The maximum atomic E-state index is 11.5. The summed E-state index contributed by atoms with van der Waals surface area (Å²) < 4.78 is 28.4. The van der Waals surface area contributed by atoms with Gasteiger partial charge in [0.05, 0.1) is 18.0 Å². The number of hydrogen-bond donors (Lipinski definition) is 2. The van der Waals surface area contributed by atoms with Crippen molar-refractivity contribution in [2.24, 2.45) is 4.99 Å². The molecule has 0 aliphatic rings. The number of aryl methyl sites for hydroxylation is 2. The van der Waals surface area contributed by atoms with Crippen LogP contribution in [-0.2, 0) is 29.2 Å². The smallest absolute Gasteiger partial charge is 0.191 e. The zero-order valence-electron chi connectivity index (χ0n) is 14.9. The third-order valence-electron chi connectivity index (χ3n) is 3.49. The second-order valence-corrected chi connectivity index (χ2v) is 7.57. The molecule has 0 aliphatic heterocycles. The molecule has 1 heterocycles. The number of guanidine groups is 1. The van der Waals surface area contributed by atoms with Crippen molar-refractivity contribution in [3.63, 3.8) is 0 Å². The van der Waals surface area contributed by atoms with E-state index in [0.717, 1.165) is 29.9 Å². The first-order chi connectivity index (χ1) is 11.0. The normalized spacial score (nSPS) is 11.9. The van der Waals surface area contributed by atoms with Gasteiger partial charge in [-0.3, -0.25) is 0 Å². The lowest BCUT2D eigenvalue weighted by atomic mass is 10.1. The van der Waals surface area contributed by atoms with Crippen LogP contribution >= 0.6 is 24.0 Å². The summed E-state index contributed by atoms with van der Waals surface area (Å²) in [6.07, 6.45) is 1.57. The van der Waals surface area contributed by atoms with Crippen LogP contribution in [0.25, 0.3) is 0 Å². The molecule has 7 nitrogen and oxygen atoms in total. The molecule has 1 aromatic rings. The number of nitrogens with one attached hydrogen (secondary N) is 2. The Bertz CT molecular complexity index is 593. The van der Waals surface area contributed by atoms with Crippen LogP contribution in [0.2, 0.25) is 0 Å². The second-order valence-electron chi connectivity index (χ2n) is 5.10. The average molecular weight is 472 g/mol. The Morgan fingerprint density at radius 3 is 2.42 bits per heavy atom. The molecule has 9 heteroatoms. The van der Waals surface area contributed by atoms with E-state index in [1.165, 1.54) is 0 Å². The molecular formula is C15H29IN4O3S. The number of rotatable bonds is 9. The largest absolute Gasteiger partial charge is 0.361 e. The highest BCUT2D eigenvalue weighted by molar-refractivity contribution is 14.0. The molecule has 0 aliphatic carbocycles. The number of nitrogens with zero attached hydrogens (tertiary/aromatic N) is 2. The summed E-state index contributed by atoms with van der Waals surface area (Å²) >= 11 is 0. The van der Waals surface area contributed by atoms with Crippen molar-refractivity contribution in [1.29, 1.82) is 0 Å². The first kappa shape index (κ1) is 23.2. The Labute approximate surface area is 162 Å². The van der Waals surface area contributed by atoms with E-state index >= 15 is 0 Å². The van der Waals surface area contributed by atoms with Crippen LogP contribution in [0.3, 0.4) is 0 Å². The predicted octanol–water partition coefficient (Wildman–Crippen LogP) is 1.91. The maximum Gasteiger partial charge on any atom is 0.191 e. The van der Waals surface area contributed by atoms with E-state index < -0.39 is 9.84 Å². The Hall–Kier alpha value is -0.840. The van der Waals surface area contributed by atoms with Gasteiger partial charge in [-0.1, -0.05) is 25.9 Å². The van der Waals surface area contributed by atoms with Gasteiger partial charge in [0.25, 0.3) is 0 Å². The van der Waals surface area contributed by atoms with E-state index in [1.54, 1.807) is 6.92 Å². The first-order valence-electron chi connectivity index (χ1n) is 8.16. The molecule has 0 bridgehead atoms. The summed E-state index contributed by atoms with van der Waals surface area (Å²) in [5.74, 6) is 1.71. The van der Waals surface area contributed by atoms with E-state index in [2.05, 4.69) is 20.8 Å². The number of sulfone groups is 1. The number of aromatic nitrogens is 1. The van der Waals surface area contributed by atoms with Gasteiger partial charge in [0.1, 0.15) is 5.76 Å². The van der Waals surface area contributed by atoms with Crippen molar-refractivity contribution in [2.45, 2.75) is 47.1 Å². The van der Waals surface area contributed by atoms with E-state index in [0.29, 0.717) is 25.6 Å². The molecule has 0 atom stereocenters. The molecule has 0 saturated carbocycles. The van der Waals surface area contributed by atoms with Crippen LogP contribution in [0.1, 0.15) is 44.7 Å². The van der Waals surface area contributed by atoms with Crippen molar-refractivity contribution in [3.05, 3.63) is 17.0 Å². The summed E-state index contributed by atoms with van der Waals surface area (Å²) in [7, 11) is -2.98. The minimum atomic E-state index is -2.98. The molecule has 1 rings (SSSR count). The van der Waals surface area contributed by atoms with Gasteiger partial charge < -0.3 is 15.2 Å². The van der Waals surface area contributed by atoms with Gasteiger partial charge in [-0.05, 0) is 13.3 Å². The lowest BCUT2D eigenvalue weighted by molar-refractivity contribution is 0.380. The van der Waals surface area contributed by atoms with Crippen LogP contribution in [0.15, 0.2) is 9.52 Å². The van der Waals surface area contributed by atoms with Gasteiger partial charge in [0.2, 0.25) is 0 Å². The highest BCUT2D eigenvalue weighted by Crippen LogP contribution is 2.16. The molecule has 0 amide bonds. The van der Waals surface area contributed by atoms with E-state index in [9.17, 15) is 8.42 Å². The predicted molar refractivity (Wildman–Crippen MR) is 108 cm³/mol. The van der Waals surface area contributed by atoms with E-state index in [-0.39, 0.29) is 35.5 Å². The lowest BCUT2D eigenvalue weighted by Gasteiger charge is -2.11. The Morgan fingerprint density at radius 1 is 1.17 bits per heavy atom. The van der Waals surface area contributed by atoms with Crippen molar-refractivity contribution >= 4 is 39.8 Å². The summed E-state index contributed by atoms with van der Waals surface area (Å²) in [5, 5.41) is 10.2. The van der Waals surface area contributed by atoms with Crippen molar-refractivity contribution in [2.75, 3.05) is 24.6 Å². The van der Waals surface area contributed by atoms with Crippen molar-refractivity contribution < 1.29 is 12.9 Å². The minimum absolute atomic E-state index is 0. The molecule has 0 saturated heterocycles. The molecule has 0 aromatic carbocycles. The zero-order chi connectivity index (χ0) is 17.3. The molecule has 2 N–H and O–H groups in total.